The third-order valence-corrected chi connectivity index (χ3v) is 3.06. The van der Waals surface area contributed by atoms with Gasteiger partial charge in [-0.25, -0.2) is 4.98 Å². The minimum Gasteiger partial charge on any atom is -0.490 e. The van der Waals surface area contributed by atoms with E-state index in [9.17, 15) is 0 Å². The largest absolute Gasteiger partial charge is 0.490 e. The van der Waals surface area contributed by atoms with E-state index in [0.29, 0.717) is 25.6 Å². The first-order chi connectivity index (χ1) is 11.3. The molecule has 0 fully saturated rings. The highest BCUT2D eigenvalue weighted by Crippen LogP contribution is 2.09. The molecule has 0 spiro atoms. The van der Waals surface area contributed by atoms with Crippen LogP contribution in [0.2, 0.25) is 0 Å². The lowest BCUT2D eigenvalue weighted by atomic mass is 10.3. The van der Waals surface area contributed by atoms with Crippen molar-refractivity contribution in [2.45, 2.75) is 6.54 Å². The van der Waals surface area contributed by atoms with Gasteiger partial charge in [0.15, 0.2) is 5.96 Å². The second-order valence-corrected chi connectivity index (χ2v) is 4.69. The zero-order chi connectivity index (χ0) is 16.3. The van der Waals surface area contributed by atoms with Crippen LogP contribution in [0, 0.1) is 0 Å². The lowest BCUT2D eigenvalue weighted by Crippen LogP contribution is -2.34. The minimum absolute atomic E-state index is 0.450. The first kappa shape index (κ1) is 16.6. The molecular weight excluding hydrogens is 292 g/mol. The Morgan fingerprint density at radius 2 is 1.87 bits per heavy atom. The first-order valence-corrected chi connectivity index (χ1v) is 7.46. The van der Waals surface area contributed by atoms with Gasteiger partial charge < -0.3 is 20.1 Å². The van der Waals surface area contributed by atoms with Gasteiger partial charge in [-0.05, 0) is 17.7 Å². The summed E-state index contributed by atoms with van der Waals surface area (Å²) in [5.74, 6) is 2.16. The molecule has 2 N–H and O–H groups in total. The number of hydrogen-bond acceptors (Lipinski definition) is 4. The Hall–Kier alpha value is -2.76. The van der Waals surface area contributed by atoms with Crippen molar-refractivity contribution < 1.29 is 9.47 Å². The van der Waals surface area contributed by atoms with Crippen molar-refractivity contribution in [1.29, 1.82) is 0 Å². The Balaban J connectivity index is 1.70. The van der Waals surface area contributed by atoms with Crippen LogP contribution in [-0.4, -0.2) is 38.3 Å². The molecule has 23 heavy (non-hydrogen) atoms. The summed E-state index contributed by atoms with van der Waals surface area (Å²) in [7, 11) is 3.55. The van der Waals surface area contributed by atoms with Crippen molar-refractivity contribution in [2.24, 2.45) is 4.99 Å². The van der Waals surface area contributed by atoms with E-state index in [2.05, 4.69) is 20.6 Å². The van der Waals surface area contributed by atoms with Gasteiger partial charge in [0, 0.05) is 32.9 Å². The van der Waals surface area contributed by atoms with E-state index in [1.54, 1.807) is 13.2 Å². The van der Waals surface area contributed by atoms with Crippen LogP contribution in [0.15, 0.2) is 53.7 Å². The molecule has 0 aliphatic rings. The van der Waals surface area contributed by atoms with E-state index in [1.807, 2.05) is 49.5 Å². The van der Waals surface area contributed by atoms with Crippen LogP contribution in [0.4, 0.5) is 0 Å². The number of nitrogens with zero attached hydrogens (tertiary/aromatic N) is 2. The van der Waals surface area contributed by atoms with Gasteiger partial charge in [-0.3, -0.25) is 4.99 Å². The van der Waals surface area contributed by atoms with Crippen molar-refractivity contribution in [3.05, 3.63) is 54.2 Å². The summed E-state index contributed by atoms with van der Waals surface area (Å²) in [4.78, 5) is 8.32. The van der Waals surface area contributed by atoms with Gasteiger partial charge in [-0.2, -0.15) is 0 Å². The number of ether oxygens (including phenoxy) is 2. The molecule has 0 unspecified atom stereocenters. The molecule has 0 bridgehead atoms. The number of aliphatic imine (C=N–C) groups is 1. The monoisotopic (exact) mass is 314 g/mol. The third-order valence-electron chi connectivity index (χ3n) is 3.06. The predicted molar refractivity (Wildman–Crippen MR) is 90.9 cm³/mol. The fourth-order valence-corrected chi connectivity index (χ4v) is 1.89. The highest BCUT2D eigenvalue weighted by Gasteiger charge is 1.99. The maximum atomic E-state index is 5.56. The topological polar surface area (TPSA) is 67.8 Å². The number of nitrogens with one attached hydrogen (secondary N) is 2. The summed E-state index contributed by atoms with van der Waals surface area (Å²) in [6.45, 7) is 1.58. The Labute approximate surface area is 136 Å². The summed E-state index contributed by atoms with van der Waals surface area (Å²) in [5, 5.41) is 6.12. The van der Waals surface area contributed by atoms with Crippen LogP contribution < -0.4 is 20.1 Å². The normalized spacial score (nSPS) is 11.0. The van der Waals surface area contributed by atoms with Crippen LogP contribution in [-0.2, 0) is 6.54 Å². The third kappa shape index (κ3) is 5.86. The van der Waals surface area contributed by atoms with Gasteiger partial charge in [-0.15, -0.1) is 0 Å². The fraction of sp³-hybridized carbons (Fsp3) is 0.294. The molecule has 0 radical (unpaired) electrons. The molecule has 1 heterocycles. The molecule has 0 saturated heterocycles. The molecule has 1 aromatic carbocycles. The van der Waals surface area contributed by atoms with Crippen molar-refractivity contribution in [2.75, 3.05) is 27.3 Å². The molecule has 122 valence electrons. The Bertz CT molecular complexity index is 600. The summed E-state index contributed by atoms with van der Waals surface area (Å²) < 4.78 is 11.1. The number of hydrogen-bond donors (Lipinski definition) is 2. The van der Waals surface area contributed by atoms with Crippen LogP contribution in [0.3, 0.4) is 0 Å². The van der Waals surface area contributed by atoms with E-state index in [4.69, 9.17) is 9.47 Å². The SMILES string of the molecule is CN=C(NC)NCc1ccc(OCCOc2ccccc2)nc1. The van der Waals surface area contributed by atoms with Crippen LogP contribution in [0.1, 0.15) is 5.56 Å². The number of rotatable bonds is 7. The van der Waals surface area contributed by atoms with Crippen molar-refractivity contribution in [3.8, 4) is 11.6 Å². The van der Waals surface area contributed by atoms with Gasteiger partial charge in [0.25, 0.3) is 0 Å². The number of aromatic nitrogens is 1. The van der Waals surface area contributed by atoms with E-state index < -0.39 is 0 Å². The Morgan fingerprint density at radius 1 is 1.09 bits per heavy atom. The maximum Gasteiger partial charge on any atom is 0.213 e. The molecular formula is C17H22N4O2. The zero-order valence-electron chi connectivity index (χ0n) is 13.5. The second kappa shape index (κ2) is 9.30. The van der Waals surface area contributed by atoms with E-state index in [0.717, 1.165) is 17.3 Å². The molecule has 0 amide bonds. The average Bonchev–Trinajstić information content (AvgIpc) is 2.61. The molecule has 1 aromatic heterocycles. The summed E-state index contributed by atoms with van der Waals surface area (Å²) in [5.41, 5.74) is 1.05. The molecule has 2 aromatic rings. The van der Waals surface area contributed by atoms with Gasteiger partial charge in [0.2, 0.25) is 5.88 Å². The number of guanidine groups is 1. The standard InChI is InChI=1S/C17H22N4O2/c1-18-17(19-2)21-13-14-8-9-16(20-12-14)23-11-10-22-15-6-4-3-5-7-15/h3-9,12H,10-11,13H2,1-2H3,(H2,18,19,21). The van der Waals surface area contributed by atoms with Crippen LogP contribution >= 0.6 is 0 Å². The number of para-hydroxylation sites is 1. The highest BCUT2D eigenvalue weighted by molar-refractivity contribution is 5.79. The number of benzene rings is 1. The summed E-state index contributed by atoms with van der Waals surface area (Å²) >= 11 is 0. The number of pyridine rings is 1. The van der Waals surface area contributed by atoms with Crippen molar-refractivity contribution in [3.63, 3.8) is 0 Å². The second-order valence-electron chi connectivity index (χ2n) is 4.69. The average molecular weight is 314 g/mol. The van der Waals surface area contributed by atoms with Crippen LogP contribution in [0.5, 0.6) is 11.6 Å². The molecule has 0 aliphatic carbocycles. The van der Waals surface area contributed by atoms with Gasteiger partial charge in [0.05, 0.1) is 0 Å². The molecule has 0 atom stereocenters. The van der Waals surface area contributed by atoms with Crippen LogP contribution in [0.25, 0.3) is 0 Å². The Morgan fingerprint density at radius 3 is 2.52 bits per heavy atom. The van der Waals surface area contributed by atoms with Crippen molar-refractivity contribution >= 4 is 5.96 Å². The molecule has 6 nitrogen and oxygen atoms in total. The maximum absolute atomic E-state index is 5.56. The summed E-state index contributed by atoms with van der Waals surface area (Å²) in [6, 6.07) is 13.5. The molecule has 2 rings (SSSR count). The predicted octanol–water partition coefficient (Wildman–Crippen LogP) is 1.83. The Kier molecular flexibility index (Phi) is 6.71. The van der Waals surface area contributed by atoms with Gasteiger partial charge in [-0.1, -0.05) is 24.3 Å². The van der Waals surface area contributed by atoms with E-state index in [-0.39, 0.29) is 0 Å². The van der Waals surface area contributed by atoms with Gasteiger partial charge >= 0.3 is 0 Å². The molecule has 6 heteroatoms. The summed E-state index contributed by atoms with van der Waals surface area (Å²) in [6.07, 6.45) is 1.78. The lowest BCUT2D eigenvalue weighted by molar-refractivity contribution is 0.212. The zero-order valence-corrected chi connectivity index (χ0v) is 13.5. The lowest BCUT2D eigenvalue weighted by Gasteiger charge is -2.09. The van der Waals surface area contributed by atoms with E-state index >= 15 is 0 Å². The molecule has 0 aliphatic heterocycles. The quantitative estimate of drug-likeness (QED) is 0.464. The smallest absolute Gasteiger partial charge is 0.213 e. The van der Waals surface area contributed by atoms with Gasteiger partial charge in [0.1, 0.15) is 19.0 Å². The first-order valence-electron chi connectivity index (χ1n) is 7.46. The van der Waals surface area contributed by atoms with Crippen molar-refractivity contribution in [1.82, 2.24) is 15.6 Å². The van der Waals surface area contributed by atoms with E-state index in [1.165, 1.54) is 0 Å². The minimum atomic E-state index is 0.450. The molecule has 0 saturated carbocycles. The fourth-order valence-electron chi connectivity index (χ4n) is 1.89. The highest BCUT2D eigenvalue weighted by atomic mass is 16.5.